The minimum Gasteiger partial charge on any atom is -0.326 e. The van der Waals surface area contributed by atoms with E-state index in [9.17, 15) is 8.42 Å². The maximum atomic E-state index is 12.2. The van der Waals surface area contributed by atoms with Crippen molar-refractivity contribution < 1.29 is 8.42 Å². The van der Waals surface area contributed by atoms with Crippen molar-refractivity contribution in [2.45, 2.75) is 24.3 Å². The Kier molecular flexibility index (Phi) is 5.07. The van der Waals surface area contributed by atoms with Crippen LogP contribution in [0.15, 0.2) is 29.2 Å². The molecular formula is C14H21ClN2O2S. The number of hydrogen-bond donors (Lipinski definition) is 1. The fourth-order valence-corrected chi connectivity index (χ4v) is 3.79. The summed E-state index contributed by atoms with van der Waals surface area (Å²) in [6.45, 7) is 4.38. The molecule has 0 amide bonds. The van der Waals surface area contributed by atoms with E-state index < -0.39 is 9.84 Å². The van der Waals surface area contributed by atoms with Gasteiger partial charge in [-0.15, -0.1) is 0 Å². The molecule has 1 fully saturated rings. The molecule has 6 heteroatoms. The Hall–Kier alpha value is -0.620. The van der Waals surface area contributed by atoms with E-state index in [1.165, 1.54) is 0 Å². The van der Waals surface area contributed by atoms with Crippen LogP contribution in [0.4, 0.5) is 0 Å². The molecule has 2 unspecified atom stereocenters. The van der Waals surface area contributed by atoms with Crippen LogP contribution in [0.3, 0.4) is 0 Å². The van der Waals surface area contributed by atoms with Crippen LogP contribution in [0.1, 0.15) is 13.3 Å². The first-order valence-electron chi connectivity index (χ1n) is 6.85. The van der Waals surface area contributed by atoms with Gasteiger partial charge in [0.1, 0.15) is 0 Å². The van der Waals surface area contributed by atoms with Gasteiger partial charge in [0.15, 0.2) is 9.84 Å². The van der Waals surface area contributed by atoms with Crippen LogP contribution in [0.2, 0.25) is 5.02 Å². The van der Waals surface area contributed by atoms with Crippen LogP contribution in [0, 0.1) is 5.92 Å². The number of likely N-dealkylation sites (tertiary alicyclic amines) is 1. The predicted octanol–water partition coefficient (Wildman–Crippen LogP) is 1.78. The lowest BCUT2D eigenvalue weighted by Gasteiger charge is -2.34. The number of nitrogens with two attached hydrogens (primary N) is 1. The minimum atomic E-state index is -3.25. The fourth-order valence-electron chi connectivity index (χ4n) is 2.38. The summed E-state index contributed by atoms with van der Waals surface area (Å²) in [5.41, 5.74) is 6.03. The average molecular weight is 317 g/mol. The maximum absolute atomic E-state index is 12.2. The lowest BCUT2D eigenvalue weighted by Crippen LogP contribution is -2.48. The second-order valence-electron chi connectivity index (χ2n) is 5.50. The molecule has 2 atom stereocenters. The summed E-state index contributed by atoms with van der Waals surface area (Å²) in [5, 5.41) is 0.542. The van der Waals surface area contributed by atoms with E-state index in [1.54, 1.807) is 24.3 Å². The van der Waals surface area contributed by atoms with Gasteiger partial charge in [0.05, 0.1) is 10.6 Å². The van der Waals surface area contributed by atoms with Gasteiger partial charge in [0.25, 0.3) is 0 Å². The molecule has 1 saturated heterocycles. The van der Waals surface area contributed by atoms with Crippen LogP contribution in [0.25, 0.3) is 0 Å². The van der Waals surface area contributed by atoms with Gasteiger partial charge in [-0.3, -0.25) is 0 Å². The molecule has 0 aliphatic carbocycles. The molecule has 0 spiro atoms. The minimum absolute atomic E-state index is 0.121. The molecule has 20 heavy (non-hydrogen) atoms. The summed E-state index contributed by atoms with van der Waals surface area (Å²) in [6.07, 6.45) is 1.03. The Morgan fingerprint density at radius 1 is 1.35 bits per heavy atom. The fraction of sp³-hybridized carbons (Fsp3) is 0.571. The Morgan fingerprint density at radius 2 is 2.00 bits per heavy atom. The van der Waals surface area contributed by atoms with Crippen LogP contribution in [-0.2, 0) is 9.84 Å². The molecule has 0 aromatic heterocycles. The van der Waals surface area contributed by atoms with E-state index in [1.807, 2.05) is 0 Å². The highest BCUT2D eigenvalue weighted by molar-refractivity contribution is 7.91. The molecule has 1 aliphatic heterocycles. The normalized spacial score (nSPS) is 24.8. The standard InChI is InChI=1S/C14H21ClN2O2S/c1-11-6-7-17(10-14(11)16)8-9-20(18,19)13-4-2-12(15)3-5-13/h2-5,11,14H,6-10,16H2,1H3. The maximum Gasteiger partial charge on any atom is 0.179 e. The second kappa shape index (κ2) is 6.43. The van der Waals surface area contributed by atoms with Crippen molar-refractivity contribution in [3.63, 3.8) is 0 Å². The zero-order valence-corrected chi connectivity index (χ0v) is 13.2. The molecular weight excluding hydrogens is 296 g/mol. The predicted molar refractivity (Wildman–Crippen MR) is 81.7 cm³/mol. The second-order valence-corrected chi connectivity index (χ2v) is 8.05. The van der Waals surface area contributed by atoms with Gasteiger partial charge in [-0.05, 0) is 43.1 Å². The Labute approximate surface area is 125 Å². The van der Waals surface area contributed by atoms with Crippen LogP contribution < -0.4 is 5.73 Å². The zero-order valence-electron chi connectivity index (χ0n) is 11.6. The molecule has 0 saturated carbocycles. The van der Waals surface area contributed by atoms with Crippen molar-refractivity contribution in [3.05, 3.63) is 29.3 Å². The van der Waals surface area contributed by atoms with Crippen molar-refractivity contribution in [1.29, 1.82) is 0 Å². The number of halogens is 1. The molecule has 4 nitrogen and oxygen atoms in total. The lowest BCUT2D eigenvalue weighted by molar-refractivity contribution is 0.177. The number of benzene rings is 1. The van der Waals surface area contributed by atoms with Gasteiger partial charge < -0.3 is 10.6 Å². The molecule has 0 bridgehead atoms. The number of sulfone groups is 1. The number of piperidine rings is 1. The van der Waals surface area contributed by atoms with E-state index in [0.29, 0.717) is 22.4 Å². The first kappa shape index (κ1) is 15.8. The Bertz CT molecular complexity index is 545. The van der Waals surface area contributed by atoms with E-state index in [-0.39, 0.29) is 11.8 Å². The van der Waals surface area contributed by atoms with Crippen molar-refractivity contribution in [2.75, 3.05) is 25.4 Å². The first-order chi connectivity index (χ1) is 9.38. The number of nitrogens with zero attached hydrogens (tertiary/aromatic N) is 1. The van der Waals surface area contributed by atoms with Crippen LogP contribution in [-0.4, -0.2) is 44.7 Å². The van der Waals surface area contributed by atoms with Gasteiger partial charge in [-0.25, -0.2) is 8.42 Å². The van der Waals surface area contributed by atoms with Crippen molar-refractivity contribution in [2.24, 2.45) is 11.7 Å². The summed E-state index contributed by atoms with van der Waals surface area (Å²) in [4.78, 5) is 2.47. The number of hydrogen-bond acceptors (Lipinski definition) is 4. The Morgan fingerprint density at radius 3 is 2.60 bits per heavy atom. The van der Waals surface area contributed by atoms with Gasteiger partial charge >= 0.3 is 0 Å². The molecule has 2 rings (SSSR count). The molecule has 1 aromatic rings. The lowest BCUT2D eigenvalue weighted by atomic mass is 9.94. The summed E-state index contributed by atoms with van der Waals surface area (Å²) in [6, 6.07) is 6.46. The van der Waals surface area contributed by atoms with E-state index in [2.05, 4.69) is 11.8 Å². The highest BCUT2D eigenvalue weighted by Crippen LogP contribution is 2.18. The molecule has 1 aromatic carbocycles. The SMILES string of the molecule is CC1CCN(CCS(=O)(=O)c2ccc(Cl)cc2)CC1N. The van der Waals surface area contributed by atoms with Gasteiger partial charge in [0.2, 0.25) is 0 Å². The van der Waals surface area contributed by atoms with Crippen molar-refractivity contribution in [1.82, 2.24) is 4.90 Å². The average Bonchev–Trinajstić information content (AvgIpc) is 2.41. The first-order valence-corrected chi connectivity index (χ1v) is 8.88. The third-order valence-corrected chi connectivity index (χ3v) is 5.91. The Balaban J connectivity index is 1.94. The molecule has 112 valence electrons. The van der Waals surface area contributed by atoms with E-state index in [0.717, 1.165) is 19.5 Å². The third-order valence-electron chi connectivity index (χ3n) is 3.95. The molecule has 1 heterocycles. The summed E-state index contributed by atoms with van der Waals surface area (Å²) in [5.74, 6) is 0.634. The molecule has 2 N–H and O–H groups in total. The zero-order chi connectivity index (χ0) is 14.8. The summed E-state index contributed by atoms with van der Waals surface area (Å²) in [7, 11) is -3.25. The van der Waals surface area contributed by atoms with E-state index in [4.69, 9.17) is 17.3 Å². The van der Waals surface area contributed by atoms with Crippen molar-refractivity contribution in [3.8, 4) is 0 Å². The summed E-state index contributed by atoms with van der Waals surface area (Å²) >= 11 is 5.77. The van der Waals surface area contributed by atoms with E-state index >= 15 is 0 Å². The van der Waals surface area contributed by atoms with Gasteiger partial charge in [-0.1, -0.05) is 18.5 Å². The molecule has 1 aliphatic rings. The summed E-state index contributed by atoms with van der Waals surface area (Å²) < 4.78 is 24.5. The largest absolute Gasteiger partial charge is 0.326 e. The third kappa shape index (κ3) is 3.95. The van der Waals surface area contributed by atoms with Crippen molar-refractivity contribution >= 4 is 21.4 Å². The smallest absolute Gasteiger partial charge is 0.179 e. The van der Waals surface area contributed by atoms with Crippen LogP contribution >= 0.6 is 11.6 Å². The monoisotopic (exact) mass is 316 g/mol. The highest BCUT2D eigenvalue weighted by atomic mass is 35.5. The van der Waals surface area contributed by atoms with Crippen LogP contribution in [0.5, 0.6) is 0 Å². The number of rotatable bonds is 4. The molecule has 0 radical (unpaired) electrons. The van der Waals surface area contributed by atoms with Gasteiger partial charge in [0, 0.05) is 24.2 Å². The topological polar surface area (TPSA) is 63.4 Å². The highest BCUT2D eigenvalue weighted by Gasteiger charge is 2.24. The van der Waals surface area contributed by atoms with Gasteiger partial charge in [-0.2, -0.15) is 0 Å². The quantitative estimate of drug-likeness (QED) is 0.919.